The van der Waals surface area contributed by atoms with Crippen molar-refractivity contribution in [3.8, 4) is 0 Å². The SMILES string of the molecule is CN1CCC[C@H]1C(=O)N[C@H](C=O)CO. The maximum Gasteiger partial charge on any atom is 0.238 e. The van der Waals surface area contributed by atoms with Gasteiger partial charge in [-0.3, -0.25) is 9.69 Å². The standard InChI is InChI=1S/C9H16N2O3/c1-11-4-2-3-8(11)9(14)10-7(5-12)6-13/h5,7-8,13H,2-4,6H2,1H3,(H,10,14)/t7-,8+/m1/s1. The van der Waals surface area contributed by atoms with Gasteiger partial charge in [0.15, 0.2) is 0 Å². The average molecular weight is 200 g/mol. The molecule has 2 N–H and O–H groups in total. The fourth-order valence-corrected chi connectivity index (χ4v) is 1.64. The molecule has 1 saturated heterocycles. The van der Waals surface area contributed by atoms with Crippen molar-refractivity contribution < 1.29 is 14.7 Å². The van der Waals surface area contributed by atoms with Gasteiger partial charge in [-0.1, -0.05) is 0 Å². The molecule has 5 heteroatoms. The van der Waals surface area contributed by atoms with Crippen molar-refractivity contribution >= 4 is 12.2 Å². The molecule has 0 saturated carbocycles. The molecule has 0 spiro atoms. The van der Waals surface area contributed by atoms with Gasteiger partial charge in [0.1, 0.15) is 12.3 Å². The summed E-state index contributed by atoms with van der Waals surface area (Å²) in [5.41, 5.74) is 0. The van der Waals surface area contributed by atoms with Crippen LogP contribution in [0.1, 0.15) is 12.8 Å². The molecule has 5 nitrogen and oxygen atoms in total. The maximum absolute atomic E-state index is 11.6. The van der Waals surface area contributed by atoms with Crippen LogP contribution in [-0.2, 0) is 9.59 Å². The number of hydrogen-bond acceptors (Lipinski definition) is 4. The van der Waals surface area contributed by atoms with E-state index >= 15 is 0 Å². The van der Waals surface area contributed by atoms with E-state index in [1.807, 2.05) is 11.9 Å². The molecule has 0 radical (unpaired) electrons. The molecule has 80 valence electrons. The van der Waals surface area contributed by atoms with Gasteiger partial charge in [-0.05, 0) is 26.4 Å². The Morgan fingerprint density at radius 2 is 2.50 bits per heavy atom. The summed E-state index contributed by atoms with van der Waals surface area (Å²) in [6.07, 6.45) is 2.37. The third-order valence-corrected chi connectivity index (χ3v) is 2.51. The number of aliphatic hydroxyl groups is 1. The summed E-state index contributed by atoms with van der Waals surface area (Å²) in [6, 6.07) is -0.916. The lowest BCUT2D eigenvalue weighted by Gasteiger charge is -2.20. The van der Waals surface area contributed by atoms with Gasteiger partial charge in [-0.15, -0.1) is 0 Å². The molecular formula is C9H16N2O3. The number of aliphatic hydroxyl groups excluding tert-OH is 1. The predicted octanol–water partition coefficient (Wildman–Crippen LogP) is -1.24. The van der Waals surface area contributed by atoms with Crippen LogP contribution in [-0.4, -0.2) is 54.5 Å². The number of amides is 1. The molecular weight excluding hydrogens is 184 g/mol. The molecule has 14 heavy (non-hydrogen) atoms. The van der Waals surface area contributed by atoms with Crippen molar-refractivity contribution in [3.63, 3.8) is 0 Å². The number of likely N-dealkylation sites (N-methyl/N-ethyl adjacent to an activating group) is 1. The second kappa shape index (κ2) is 5.07. The Bertz CT molecular complexity index is 220. The molecule has 1 fully saturated rings. The highest BCUT2D eigenvalue weighted by atomic mass is 16.3. The van der Waals surface area contributed by atoms with Crippen LogP contribution in [0.25, 0.3) is 0 Å². The molecule has 0 aromatic heterocycles. The van der Waals surface area contributed by atoms with Gasteiger partial charge in [-0.25, -0.2) is 0 Å². The van der Waals surface area contributed by atoms with E-state index in [4.69, 9.17) is 5.11 Å². The number of rotatable bonds is 4. The van der Waals surface area contributed by atoms with Gasteiger partial charge in [-0.2, -0.15) is 0 Å². The first-order chi connectivity index (χ1) is 6.69. The van der Waals surface area contributed by atoms with Crippen LogP contribution in [0.2, 0.25) is 0 Å². The summed E-state index contributed by atoms with van der Waals surface area (Å²) in [4.78, 5) is 23.9. The van der Waals surface area contributed by atoms with E-state index in [0.29, 0.717) is 6.29 Å². The van der Waals surface area contributed by atoms with E-state index in [2.05, 4.69) is 5.32 Å². The number of nitrogens with one attached hydrogen (secondary N) is 1. The number of likely N-dealkylation sites (tertiary alicyclic amines) is 1. The minimum absolute atomic E-state index is 0.149. The normalized spacial score (nSPS) is 24.6. The quantitative estimate of drug-likeness (QED) is 0.557. The zero-order valence-electron chi connectivity index (χ0n) is 8.27. The minimum Gasteiger partial charge on any atom is -0.394 e. The minimum atomic E-state index is -0.767. The van der Waals surface area contributed by atoms with Gasteiger partial charge in [0.2, 0.25) is 5.91 Å². The van der Waals surface area contributed by atoms with Gasteiger partial charge < -0.3 is 15.2 Å². The van der Waals surface area contributed by atoms with Crippen LogP contribution in [0.5, 0.6) is 0 Å². The highest BCUT2D eigenvalue weighted by molar-refractivity contribution is 5.84. The van der Waals surface area contributed by atoms with E-state index in [9.17, 15) is 9.59 Å². The Labute approximate surface area is 83.1 Å². The Balaban J connectivity index is 2.44. The second-order valence-electron chi connectivity index (χ2n) is 3.57. The van der Waals surface area contributed by atoms with Gasteiger partial charge in [0, 0.05) is 0 Å². The summed E-state index contributed by atoms with van der Waals surface area (Å²) >= 11 is 0. The van der Waals surface area contributed by atoms with Gasteiger partial charge in [0.25, 0.3) is 0 Å². The summed E-state index contributed by atoms with van der Waals surface area (Å²) in [5.74, 6) is -0.170. The first-order valence-corrected chi connectivity index (χ1v) is 4.75. The third-order valence-electron chi connectivity index (χ3n) is 2.51. The molecule has 0 aromatic rings. The van der Waals surface area contributed by atoms with Crippen LogP contribution in [0.3, 0.4) is 0 Å². The van der Waals surface area contributed by atoms with Crippen LogP contribution >= 0.6 is 0 Å². The zero-order chi connectivity index (χ0) is 10.6. The zero-order valence-corrected chi connectivity index (χ0v) is 8.27. The number of carbonyl (C=O) groups is 2. The molecule has 1 rings (SSSR count). The van der Waals surface area contributed by atoms with E-state index in [-0.39, 0.29) is 18.6 Å². The number of aldehydes is 1. The summed E-state index contributed by atoms with van der Waals surface area (Å²) in [5, 5.41) is 11.2. The summed E-state index contributed by atoms with van der Waals surface area (Å²) < 4.78 is 0. The molecule has 0 aromatic carbocycles. The number of carbonyl (C=O) groups excluding carboxylic acids is 2. The van der Waals surface area contributed by atoms with Crippen molar-refractivity contribution in [2.45, 2.75) is 24.9 Å². The van der Waals surface area contributed by atoms with Crippen LogP contribution in [0.4, 0.5) is 0 Å². The van der Waals surface area contributed by atoms with E-state index in [1.165, 1.54) is 0 Å². The Morgan fingerprint density at radius 3 is 2.93 bits per heavy atom. The van der Waals surface area contributed by atoms with Gasteiger partial charge >= 0.3 is 0 Å². The summed E-state index contributed by atoms with van der Waals surface area (Å²) in [6.45, 7) is 0.564. The molecule has 0 unspecified atom stereocenters. The maximum atomic E-state index is 11.6. The highest BCUT2D eigenvalue weighted by Gasteiger charge is 2.28. The second-order valence-corrected chi connectivity index (χ2v) is 3.57. The lowest BCUT2D eigenvalue weighted by atomic mass is 10.2. The molecule has 0 bridgehead atoms. The monoisotopic (exact) mass is 200 g/mol. The van der Waals surface area contributed by atoms with Crippen LogP contribution in [0.15, 0.2) is 0 Å². The lowest BCUT2D eigenvalue weighted by molar-refractivity contribution is -0.128. The lowest BCUT2D eigenvalue weighted by Crippen LogP contribution is -2.47. The van der Waals surface area contributed by atoms with Crippen molar-refractivity contribution in [2.24, 2.45) is 0 Å². The average Bonchev–Trinajstić information content (AvgIpc) is 2.60. The van der Waals surface area contributed by atoms with E-state index in [0.717, 1.165) is 19.4 Å². The Hall–Kier alpha value is -0.940. The van der Waals surface area contributed by atoms with Crippen molar-refractivity contribution in [2.75, 3.05) is 20.2 Å². The van der Waals surface area contributed by atoms with Crippen molar-refractivity contribution in [1.82, 2.24) is 10.2 Å². The predicted molar refractivity (Wildman–Crippen MR) is 50.7 cm³/mol. The fourth-order valence-electron chi connectivity index (χ4n) is 1.64. The molecule has 0 aliphatic carbocycles. The van der Waals surface area contributed by atoms with E-state index < -0.39 is 6.04 Å². The summed E-state index contributed by atoms with van der Waals surface area (Å²) in [7, 11) is 1.88. The topological polar surface area (TPSA) is 69.6 Å². The van der Waals surface area contributed by atoms with E-state index in [1.54, 1.807) is 0 Å². The van der Waals surface area contributed by atoms with Crippen LogP contribution < -0.4 is 5.32 Å². The Morgan fingerprint density at radius 1 is 1.79 bits per heavy atom. The molecule has 1 aliphatic rings. The first-order valence-electron chi connectivity index (χ1n) is 4.75. The molecule has 1 amide bonds. The molecule has 1 heterocycles. The van der Waals surface area contributed by atoms with Crippen molar-refractivity contribution in [3.05, 3.63) is 0 Å². The van der Waals surface area contributed by atoms with Crippen LogP contribution in [0, 0.1) is 0 Å². The number of hydrogen-bond donors (Lipinski definition) is 2. The largest absolute Gasteiger partial charge is 0.394 e. The number of nitrogens with zero attached hydrogens (tertiary/aromatic N) is 1. The Kier molecular flexibility index (Phi) is 4.03. The first kappa shape index (κ1) is 11.1. The third kappa shape index (κ3) is 2.52. The van der Waals surface area contributed by atoms with Crippen molar-refractivity contribution in [1.29, 1.82) is 0 Å². The highest BCUT2D eigenvalue weighted by Crippen LogP contribution is 2.14. The molecule has 1 aliphatic heterocycles. The molecule has 2 atom stereocenters. The fraction of sp³-hybridized carbons (Fsp3) is 0.778. The smallest absolute Gasteiger partial charge is 0.238 e. The van der Waals surface area contributed by atoms with Gasteiger partial charge in [0.05, 0.1) is 12.6 Å².